The van der Waals surface area contributed by atoms with Crippen LogP contribution >= 0.6 is 0 Å². The summed E-state index contributed by atoms with van der Waals surface area (Å²) in [6, 6.07) is -4.75. The van der Waals surface area contributed by atoms with Gasteiger partial charge in [-0.2, -0.15) is 17.6 Å². The molecule has 0 aromatic heterocycles. The Kier molecular flexibility index (Phi) is 2.35. The number of hydrogen-bond acceptors (Lipinski definition) is 1. The van der Waals surface area contributed by atoms with E-state index in [1.165, 1.54) is 0 Å². The van der Waals surface area contributed by atoms with Gasteiger partial charge in [-0.3, -0.25) is 0 Å². The standard InChI is InChI=1S/C6F6O/c7-1-2(8)4(10)6(12)13-5(11)3(1)9. The van der Waals surface area contributed by atoms with Crippen molar-refractivity contribution in [3.05, 3.63) is 35.3 Å². The second-order valence-corrected chi connectivity index (χ2v) is 1.91. The van der Waals surface area contributed by atoms with E-state index in [1.807, 2.05) is 0 Å². The third-order valence-corrected chi connectivity index (χ3v) is 1.10. The number of allylic oxidation sites excluding steroid dienone is 4. The molecule has 0 aliphatic carbocycles. The predicted octanol–water partition coefficient (Wildman–Crippen LogP) is 3.38. The third kappa shape index (κ3) is 1.53. The molecule has 1 heterocycles. The van der Waals surface area contributed by atoms with E-state index in [0.29, 0.717) is 0 Å². The van der Waals surface area contributed by atoms with Gasteiger partial charge in [-0.1, -0.05) is 0 Å². The van der Waals surface area contributed by atoms with Crippen molar-refractivity contribution in [2.24, 2.45) is 0 Å². The van der Waals surface area contributed by atoms with Crippen molar-refractivity contribution in [1.29, 1.82) is 0 Å². The molecular weight excluding hydrogens is 202 g/mol. The van der Waals surface area contributed by atoms with E-state index in [2.05, 4.69) is 4.74 Å². The number of hydrogen-bond donors (Lipinski definition) is 0. The molecule has 0 saturated carbocycles. The highest BCUT2D eigenvalue weighted by Gasteiger charge is 2.29. The van der Waals surface area contributed by atoms with Crippen LogP contribution in [-0.4, -0.2) is 0 Å². The molecule has 0 aromatic carbocycles. The van der Waals surface area contributed by atoms with E-state index in [0.717, 1.165) is 0 Å². The summed E-state index contributed by atoms with van der Waals surface area (Å²) >= 11 is 0. The third-order valence-electron chi connectivity index (χ3n) is 1.10. The van der Waals surface area contributed by atoms with E-state index >= 15 is 0 Å². The molecule has 1 nitrogen and oxygen atoms in total. The first-order valence-corrected chi connectivity index (χ1v) is 2.79. The van der Waals surface area contributed by atoms with Crippen LogP contribution in [0, 0.1) is 0 Å². The van der Waals surface area contributed by atoms with Gasteiger partial charge in [0.25, 0.3) is 0 Å². The fourth-order valence-electron chi connectivity index (χ4n) is 0.534. The lowest BCUT2D eigenvalue weighted by Gasteiger charge is -1.95. The number of halogens is 6. The predicted molar refractivity (Wildman–Crippen MR) is 28.8 cm³/mol. The molecule has 0 unspecified atom stereocenters. The van der Waals surface area contributed by atoms with Crippen LogP contribution in [0.1, 0.15) is 0 Å². The van der Waals surface area contributed by atoms with Crippen LogP contribution in [0.3, 0.4) is 0 Å². The molecule has 0 bridgehead atoms. The first kappa shape index (κ1) is 9.69. The first-order chi connectivity index (χ1) is 5.95. The Hall–Kier alpha value is -1.40. The van der Waals surface area contributed by atoms with Crippen LogP contribution in [-0.2, 0) is 4.74 Å². The Balaban J connectivity index is 3.35. The molecule has 1 aliphatic rings. The highest BCUT2D eigenvalue weighted by atomic mass is 19.2. The van der Waals surface area contributed by atoms with Crippen LogP contribution in [0.15, 0.2) is 35.3 Å². The average molecular weight is 202 g/mol. The fourth-order valence-corrected chi connectivity index (χ4v) is 0.534. The Labute approximate surface area is 67.6 Å². The second-order valence-electron chi connectivity index (χ2n) is 1.91. The average Bonchev–Trinajstić information content (AvgIpc) is 2.15. The molecular formula is C6F6O. The van der Waals surface area contributed by atoms with Crippen molar-refractivity contribution in [2.45, 2.75) is 0 Å². The molecule has 0 amide bonds. The molecule has 7 heteroatoms. The highest BCUT2D eigenvalue weighted by molar-refractivity contribution is 5.34. The quantitative estimate of drug-likeness (QED) is 0.547. The minimum absolute atomic E-state index is 2.38. The largest absolute Gasteiger partial charge is 0.399 e. The first-order valence-electron chi connectivity index (χ1n) is 2.79. The zero-order valence-corrected chi connectivity index (χ0v) is 5.68. The summed E-state index contributed by atoms with van der Waals surface area (Å²) in [5, 5.41) is 0. The Bertz CT molecular complexity index is 307. The topological polar surface area (TPSA) is 9.23 Å². The molecule has 0 atom stereocenters. The molecule has 0 aromatic rings. The van der Waals surface area contributed by atoms with E-state index in [-0.39, 0.29) is 0 Å². The summed E-state index contributed by atoms with van der Waals surface area (Å²) < 4.78 is 76.1. The van der Waals surface area contributed by atoms with Crippen LogP contribution < -0.4 is 0 Å². The summed E-state index contributed by atoms with van der Waals surface area (Å²) in [5.74, 6) is -9.83. The minimum atomic E-state index is -2.48. The lowest BCUT2D eigenvalue weighted by atomic mass is 10.4. The Morgan fingerprint density at radius 3 is 1.15 bits per heavy atom. The summed E-state index contributed by atoms with van der Waals surface area (Å²) in [6.45, 7) is 0. The maximum Gasteiger partial charge on any atom is 0.319 e. The van der Waals surface area contributed by atoms with Crippen molar-refractivity contribution >= 4 is 0 Å². The van der Waals surface area contributed by atoms with Crippen LogP contribution in [0.25, 0.3) is 0 Å². The van der Waals surface area contributed by atoms with Crippen molar-refractivity contribution < 1.29 is 31.1 Å². The van der Waals surface area contributed by atoms with Crippen molar-refractivity contribution in [2.75, 3.05) is 0 Å². The normalized spacial score (nSPS) is 19.2. The van der Waals surface area contributed by atoms with Gasteiger partial charge in [0, 0.05) is 0 Å². The van der Waals surface area contributed by atoms with E-state index in [9.17, 15) is 26.3 Å². The second kappa shape index (κ2) is 3.15. The highest BCUT2D eigenvalue weighted by Crippen LogP contribution is 2.34. The molecule has 0 spiro atoms. The van der Waals surface area contributed by atoms with Gasteiger partial charge in [-0.25, -0.2) is 8.78 Å². The summed E-state index contributed by atoms with van der Waals surface area (Å²) in [7, 11) is 0. The van der Waals surface area contributed by atoms with Gasteiger partial charge in [0.15, 0.2) is 0 Å². The Morgan fingerprint density at radius 1 is 0.538 bits per heavy atom. The van der Waals surface area contributed by atoms with Gasteiger partial charge in [-0.05, 0) is 0 Å². The lowest BCUT2D eigenvalue weighted by molar-refractivity contribution is 0.136. The lowest BCUT2D eigenvalue weighted by Crippen LogP contribution is -1.85. The number of ether oxygens (including phenoxy) is 1. The van der Waals surface area contributed by atoms with E-state index in [1.54, 1.807) is 0 Å². The SMILES string of the molecule is FC1=C(F)C(F)=C(F)C(F)=C(F)O1. The summed E-state index contributed by atoms with van der Waals surface area (Å²) in [5.41, 5.74) is 0. The van der Waals surface area contributed by atoms with E-state index < -0.39 is 35.3 Å². The van der Waals surface area contributed by atoms with Crippen LogP contribution in [0.2, 0.25) is 0 Å². The van der Waals surface area contributed by atoms with Crippen molar-refractivity contribution in [3.8, 4) is 0 Å². The summed E-state index contributed by atoms with van der Waals surface area (Å²) in [4.78, 5) is 0. The zero-order valence-electron chi connectivity index (χ0n) is 5.68. The molecule has 0 saturated heterocycles. The monoisotopic (exact) mass is 202 g/mol. The van der Waals surface area contributed by atoms with Gasteiger partial charge in [0.05, 0.1) is 0 Å². The van der Waals surface area contributed by atoms with E-state index in [4.69, 9.17) is 0 Å². The molecule has 0 fully saturated rings. The van der Waals surface area contributed by atoms with Gasteiger partial charge in [-0.15, -0.1) is 0 Å². The molecule has 1 aliphatic heterocycles. The number of rotatable bonds is 0. The molecule has 72 valence electrons. The molecule has 1 rings (SSSR count). The summed E-state index contributed by atoms with van der Waals surface area (Å²) in [6.07, 6.45) is 0. The molecule has 13 heavy (non-hydrogen) atoms. The zero-order chi connectivity index (χ0) is 10.2. The minimum Gasteiger partial charge on any atom is -0.399 e. The molecule has 0 N–H and O–H groups in total. The smallest absolute Gasteiger partial charge is 0.319 e. The van der Waals surface area contributed by atoms with Gasteiger partial charge in [0.1, 0.15) is 0 Å². The van der Waals surface area contributed by atoms with Gasteiger partial charge in [0.2, 0.25) is 23.3 Å². The van der Waals surface area contributed by atoms with Crippen LogP contribution in [0.4, 0.5) is 26.3 Å². The van der Waals surface area contributed by atoms with Crippen molar-refractivity contribution in [3.63, 3.8) is 0 Å². The van der Waals surface area contributed by atoms with Crippen LogP contribution in [0.5, 0.6) is 0 Å². The maximum absolute atomic E-state index is 12.2. The maximum atomic E-state index is 12.2. The van der Waals surface area contributed by atoms with Crippen molar-refractivity contribution in [1.82, 2.24) is 0 Å². The molecule has 0 radical (unpaired) electrons. The fraction of sp³-hybridized carbons (Fsp3) is 0. The Morgan fingerprint density at radius 2 is 0.846 bits per heavy atom. The van der Waals surface area contributed by atoms with Gasteiger partial charge < -0.3 is 4.74 Å². The van der Waals surface area contributed by atoms with Gasteiger partial charge >= 0.3 is 12.0 Å².